The molecule has 0 atom stereocenters. The van der Waals surface area contributed by atoms with Crippen molar-refractivity contribution in [2.24, 2.45) is 4.99 Å². The molecule has 2 aromatic carbocycles. The van der Waals surface area contributed by atoms with E-state index in [1.54, 1.807) is 38.4 Å². The first-order chi connectivity index (χ1) is 13.5. The third-order valence-electron chi connectivity index (χ3n) is 4.22. The van der Waals surface area contributed by atoms with E-state index in [-0.39, 0.29) is 11.6 Å². The number of hydrogen-bond donors (Lipinski definition) is 2. The smallest absolute Gasteiger partial charge is 0.226 e. The van der Waals surface area contributed by atoms with Crippen LogP contribution in [-0.4, -0.2) is 24.5 Å². The number of halogens is 2. The van der Waals surface area contributed by atoms with E-state index < -0.39 is 0 Å². The van der Waals surface area contributed by atoms with E-state index in [1.165, 1.54) is 18.2 Å². The second kappa shape index (κ2) is 9.12. The van der Waals surface area contributed by atoms with E-state index in [1.807, 2.05) is 6.07 Å². The van der Waals surface area contributed by atoms with Gasteiger partial charge in [-0.25, -0.2) is 13.8 Å². The van der Waals surface area contributed by atoms with Gasteiger partial charge in [-0.15, -0.1) is 0 Å². The number of benzene rings is 2. The lowest BCUT2D eigenvalue weighted by Gasteiger charge is -2.12. The Morgan fingerprint density at radius 3 is 2.61 bits per heavy atom. The number of aromatic nitrogens is 1. The Morgan fingerprint density at radius 2 is 1.89 bits per heavy atom. The van der Waals surface area contributed by atoms with Gasteiger partial charge in [-0.1, -0.05) is 12.1 Å². The molecule has 7 heteroatoms. The van der Waals surface area contributed by atoms with Gasteiger partial charge in [0.1, 0.15) is 17.9 Å². The Hall–Kier alpha value is -3.22. The van der Waals surface area contributed by atoms with E-state index in [0.29, 0.717) is 36.9 Å². The summed E-state index contributed by atoms with van der Waals surface area (Å²) in [6, 6.07) is 11.0. The van der Waals surface area contributed by atoms with Crippen molar-refractivity contribution in [1.29, 1.82) is 0 Å². The van der Waals surface area contributed by atoms with Crippen LogP contribution >= 0.6 is 0 Å². The summed E-state index contributed by atoms with van der Waals surface area (Å²) in [7, 11) is 1.69. The van der Waals surface area contributed by atoms with Crippen LogP contribution < -0.4 is 10.6 Å². The maximum absolute atomic E-state index is 13.3. The van der Waals surface area contributed by atoms with E-state index in [2.05, 4.69) is 20.6 Å². The number of guanidine groups is 1. The van der Waals surface area contributed by atoms with Gasteiger partial charge in [0.25, 0.3) is 0 Å². The van der Waals surface area contributed by atoms with Gasteiger partial charge in [-0.2, -0.15) is 0 Å². The van der Waals surface area contributed by atoms with Gasteiger partial charge < -0.3 is 15.1 Å². The van der Waals surface area contributed by atoms with Gasteiger partial charge in [0, 0.05) is 32.1 Å². The van der Waals surface area contributed by atoms with Crippen LogP contribution in [0, 0.1) is 18.6 Å². The molecule has 1 heterocycles. The summed E-state index contributed by atoms with van der Waals surface area (Å²) >= 11 is 0. The van der Waals surface area contributed by atoms with Crippen LogP contribution in [0.3, 0.4) is 0 Å². The highest BCUT2D eigenvalue weighted by Crippen LogP contribution is 2.19. The molecule has 0 aliphatic heterocycles. The third-order valence-corrected chi connectivity index (χ3v) is 4.22. The quantitative estimate of drug-likeness (QED) is 0.501. The molecule has 1 aromatic heterocycles. The van der Waals surface area contributed by atoms with Gasteiger partial charge in [0.15, 0.2) is 5.96 Å². The Balaban J connectivity index is 1.48. The molecule has 3 rings (SSSR count). The largest absolute Gasteiger partial charge is 0.444 e. The van der Waals surface area contributed by atoms with Gasteiger partial charge in [-0.05, 0) is 48.4 Å². The second-order valence-corrected chi connectivity index (χ2v) is 6.34. The fourth-order valence-electron chi connectivity index (χ4n) is 2.68. The zero-order chi connectivity index (χ0) is 19.9. The molecule has 0 aliphatic rings. The Kier molecular flexibility index (Phi) is 6.37. The van der Waals surface area contributed by atoms with Crippen molar-refractivity contribution in [2.45, 2.75) is 19.9 Å². The van der Waals surface area contributed by atoms with E-state index in [4.69, 9.17) is 4.42 Å². The zero-order valence-electron chi connectivity index (χ0n) is 15.8. The molecule has 0 saturated heterocycles. The minimum atomic E-state index is -0.297. The van der Waals surface area contributed by atoms with Crippen molar-refractivity contribution in [3.05, 3.63) is 77.2 Å². The lowest BCUT2D eigenvalue weighted by atomic mass is 10.1. The number of aliphatic imine (C=N–C) groups is 1. The van der Waals surface area contributed by atoms with Crippen LogP contribution in [0.2, 0.25) is 0 Å². The normalized spacial score (nSPS) is 11.5. The minimum absolute atomic E-state index is 0.209. The van der Waals surface area contributed by atoms with Crippen molar-refractivity contribution in [3.63, 3.8) is 0 Å². The maximum Gasteiger partial charge on any atom is 0.226 e. The zero-order valence-corrected chi connectivity index (χ0v) is 15.8. The molecular weight excluding hydrogens is 362 g/mol. The summed E-state index contributed by atoms with van der Waals surface area (Å²) in [4.78, 5) is 8.60. The lowest BCUT2D eigenvalue weighted by molar-refractivity contribution is 0.571. The molecule has 0 bridgehead atoms. The first-order valence-corrected chi connectivity index (χ1v) is 8.95. The molecule has 0 spiro atoms. The molecule has 0 aliphatic carbocycles. The van der Waals surface area contributed by atoms with Gasteiger partial charge >= 0.3 is 0 Å². The predicted molar refractivity (Wildman–Crippen MR) is 105 cm³/mol. The third kappa shape index (κ3) is 5.16. The number of nitrogens with one attached hydrogen (secondary N) is 2. The van der Waals surface area contributed by atoms with Crippen LogP contribution in [0.5, 0.6) is 0 Å². The van der Waals surface area contributed by atoms with Crippen LogP contribution in [0.15, 0.2) is 58.1 Å². The molecular formula is C21H22F2N4O. The minimum Gasteiger partial charge on any atom is -0.444 e. The number of hydrogen-bond acceptors (Lipinski definition) is 3. The van der Waals surface area contributed by atoms with Crippen molar-refractivity contribution in [1.82, 2.24) is 15.6 Å². The average molecular weight is 384 g/mol. The molecule has 0 unspecified atom stereocenters. The van der Waals surface area contributed by atoms with Crippen LogP contribution in [0.25, 0.3) is 11.5 Å². The molecule has 5 nitrogen and oxygen atoms in total. The van der Waals surface area contributed by atoms with Crippen molar-refractivity contribution >= 4 is 5.96 Å². The van der Waals surface area contributed by atoms with Crippen molar-refractivity contribution < 1.29 is 13.2 Å². The van der Waals surface area contributed by atoms with Crippen LogP contribution in [-0.2, 0) is 13.0 Å². The highest BCUT2D eigenvalue weighted by atomic mass is 19.1. The van der Waals surface area contributed by atoms with E-state index in [9.17, 15) is 8.78 Å². The predicted octanol–water partition coefficient (Wildman–Crippen LogP) is 3.84. The molecule has 2 N–H and O–H groups in total. The molecule has 0 radical (unpaired) electrons. The maximum atomic E-state index is 13.3. The molecule has 28 heavy (non-hydrogen) atoms. The number of oxazole rings is 1. The number of nitrogens with zero attached hydrogens (tertiary/aromatic N) is 2. The van der Waals surface area contributed by atoms with Gasteiger partial charge in [-0.3, -0.25) is 4.99 Å². The molecule has 0 amide bonds. The Bertz CT molecular complexity index is 951. The van der Waals surface area contributed by atoms with Crippen LogP contribution in [0.4, 0.5) is 8.78 Å². The van der Waals surface area contributed by atoms with Crippen molar-refractivity contribution in [3.8, 4) is 11.5 Å². The van der Waals surface area contributed by atoms with Gasteiger partial charge in [0.2, 0.25) is 5.89 Å². The molecule has 3 aromatic rings. The average Bonchev–Trinajstić information content (AvgIpc) is 3.16. The number of aryl methyl sites for hydroxylation is 1. The lowest BCUT2D eigenvalue weighted by Crippen LogP contribution is -2.37. The number of rotatable bonds is 6. The highest BCUT2D eigenvalue weighted by molar-refractivity contribution is 5.79. The summed E-state index contributed by atoms with van der Waals surface area (Å²) in [5.74, 6) is 0.599. The Morgan fingerprint density at radius 1 is 1.11 bits per heavy atom. The molecule has 0 saturated carbocycles. The Labute approximate surface area is 162 Å². The first-order valence-electron chi connectivity index (χ1n) is 8.95. The first kappa shape index (κ1) is 19.5. The van der Waals surface area contributed by atoms with Gasteiger partial charge in [0.05, 0.1) is 5.69 Å². The standard InChI is InChI=1S/C21H22F2N4O/c1-14-11-15(3-8-19(14)23)12-26-21(24-2)25-10-9-18-13-28-20(27-18)16-4-6-17(22)7-5-16/h3-8,11,13H,9-10,12H2,1-2H3,(H2,24,25,26). The second-order valence-electron chi connectivity index (χ2n) is 6.34. The monoisotopic (exact) mass is 384 g/mol. The van der Waals surface area contributed by atoms with Crippen molar-refractivity contribution in [2.75, 3.05) is 13.6 Å². The summed E-state index contributed by atoms with van der Waals surface area (Å²) < 4.78 is 31.8. The van der Waals surface area contributed by atoms with Crippen LogP contribution in [0.1, 0.15) is 16.8 Å². The highest BCUT2D eigenvalue weighted by Gasteiger charge is 2.07. The summed E-state index contributed by atoms with van der Waals surface area (Å²) in [5, 5.41) is 6.40. The summed E-state index contributed by atoms with van der Waals surface area (Å²) in [6.07, 6.45) is 2.24. The summed E-state index contributed by atoms with van der Waals surface area (Å²) in [5.41, 5.74) is 3.11. The fraction of sp³-hybridized carbons (Fsp3) is 0.238. The topological polar surface area (TPSA) is 62.5 Å². The van der Waals surface area contributed by atoms with E-state index in [0.717, 1.165) is 16.8 Å². The summed E-state index contributed by atoms with van der Waals surface area (Å²) in [6.45, 7) is 2.89. The fourth-order valence-corrected chi connectivity index (χ4v) is 2.68. The van der Waals surface area contributed by atoms with E-state index >= 15 is 0 Å². The molecule has 0 fully saturated rings. The SMILES string of the molecule is CN=C(NCCc1coc(-c2ccc(F)cc2)n1)NCc1ccc(F)c(C)c1. The molecule has 146 valence electrons.